The number of benzene rings is 1. The molecule has 74 valence electrons. The van der Waals surface area contributed by atoms with E-state index in [2.05, 4.69) is 5.32 Å². The molecule has 15 heavy (non-hydrogen) atoms. The van der Waals surface area contributed by atoms with Crippen molar-refractivity contribution in [2.75, 3.05) is 5.32 Å². The zero-order valence-corrected chi connectivity index (χ0v) is 10.3. The standard InChI is InChI=1S/C8H8N2O4.Na/c1-5(11)9-7-4-6(10(13)14)2-3-8(7)12;/h2-4,12H,1H3,(H,9,11);/q;+1/p-1. The van der Waals surface area contributed by atoms with E-state index in [1.807, 2.05) is 0 Å². The predicted octanol–water partition coefficient (Wildman–Crippen LogP) is -2.37. The molecule has 7 heteroatoms. The average Bonchev–Trinajstić information content (AvgIpc) is 2.07. The van der Waals surface area contributed by atoms with E-state index >= 15 is 0 Å². The van der Waals surface area contributed by atoms with E-state index < -0.39 is 16.6 Å². The Balaban J connectivity index is 0.00000196. The molecule has 1 N–H and O–H groups in total. The number of anilines is 1. The Hall–Kier alpha value is -1.11. The van der Waals surface area contributed by atoms with Crippen LogP contribution in [0, 0.1) is 10.1 Å². The Labute approximate surface area is 108 Å². The quantitative estimate of drug-likeness (QED) is 0.341. The molecule has 0 heterocycles. The van der Waals surface area contributed by atoms with Crippen LogP contribution in [-0.2, 0) is 4.79 Å². The molecule has 0 saturated carbocycles. The van der Waals surface area contributed by atoms with Crippen molar-refractivity contribution in [1.82, 2.24) is 0 Å². The number of carbonyl (C=O) groups excluding carboxylic acids is 1. The Morgan fingerprint density at radius 2 is 2.07 bits per heavy atom. The number of nitro benzene ring substituents is 1. The van der Waals surface area contributed by atoms with Gasteiger partial charge in [0.15, 0.2) is 0 Å². The number of carbonyl (C=O) groups is 1. The van der Waals surface area contributed by atoms with Gasteiger partial charge in [-0.25, -0.2) is 0 Å². The van der Waals surface area contributed by atoms with E-state index in [0.29, 0.717) is 0 Å². The average molecular weight is 218 g/mol. The van der Waals surface area contributed by atoms with Gasteiger partial charge in [0, 0.05) is 24.7 Å². The maximum Gasteiger partial charge on any atom is 1.00 e. The maximum atomic E-state index is 11.1. The third-order valence-electron chi connectivity index (χ3n) is 1.48. The minimum Gasteiger partial charge on any atom is -0.871 e. The summed E-state index contributed by atoms with van der Waals surface area (Å²) >= 11 is 0. The van der Waals surface area contributed by atoms with Crippen molar-refractivity contribution in [3.63, 3.8) is 0 Å². The van der Waals surface area contributed by atoms with Gasteiger partial charge >= 0.3 is 29.6 Å². The van der Waals surface area contributed by atoms with Crippen LogP contribution in [0.2, 0.25) is 0 Å². The summed E-state index contributed by atoms with van der Waals surface area (Å²) in [5, 5.41) is 23.6. The molecule has 1 rings (SSSR count). The minimum absolute atomic E-state index is 0. The molecule has 0 unspecified atom stereocenters. The zero-order chi connectivity index (χ0) is 10.7. The summed E-state index contributed by atoms with van der Waals surface area (Å²) in [5.74, 6) is -0.895. The molecule has 1 amide bonds. The fourth-order valence-corrected chi connectivity index (χ4v) is 0.919. The van der Waals surface area contributed by atoms with Crippen LogP contribution in [0.4, 0.5) is 11.4 Å². The van der Waals surface area contributed by atoms with E-state index in [1.165, 1.54) is 6.92 Å². The molecule has 0 aromatic heterocycles. The van der Waals surface area contributed by atoms with Gasteiger partial charge in [-0.3, -0.25) is 14.9 Å². The van der Waals surface area contributed by atoms with Gasteiger partial charge in [0.1, 0.15) is 0 Å². The Bertz CT molecular complexity index is 394. The van der Waals surface area contributed by atoms with Crippen molar-refractivity contribution in [1.29, 1.82) is 0 Å². The van der Waals surface area contributed by atoms with E-state index in [9.17, 15) is 20.0 Å². The van der Waals surface area contributed by atoms with Crippen molar-refractivity contribution in [3.05, 3.63) is 28.3 Å². The third kappa shape index (κ3) is 3.86. The second kappa shape index (κ2) is 5.69. The smallest absolute Gasteiger partial charge is 0.871 e. The molecule has 0 spiro atoms. The first-order valence-corrected chi connectivity index (χ1v) is 3.74. The number of nitrogens with one attached hydrogen (secondary N) is 1. The van der Waals surface area contributed by atoms with Gasteiger partial charge in [-0.1, -0.05) is 11.8 Å². The summed E-state index contributed by atoms with van der Waals surface area (Å²) in [6.45, 7) is 1.22. The number of amides is 1. The first kappa shape index (κ1) is 13.9. The third-order valence-corrected chi connectivity index (χ3v) is 1.48. The summed E-state index contributed by atoms with van der Waals surface area (Å²) in [7, 11) is 0. The number of nitro groups is 1. The van der Waals surface area contributed by atoms with Crippen molar-refractivity contribution >= 4 is 17.3 Å². The van der Waals surface area contributed by atoms with E-state index in [-0.39, 0.29) is 40.9 Å². The van der Waals surface area contributed by atoms with Crippen LogP contribution >= 0.6 is 0 Å². The van der Waals surface area contributed by atoms with Gasteiger partial charge in [0.25, 0.3) is 5.69 Å². The first-order valence-electron chi connectivity index (χ1n) is 3.74. The van der Waals surface area contributed by atoms with Gasteiger partial charge in [-0.05, 0) is 0 Å². The SMILES string of the molecule is CC(=O)Nc1cc([N+](=O)[O-])ccc1[O-].[Na+]. The van der Waals surface area contributed by atoms with Crippen LogP contribution < -0.4 is 40.0 Å². The number of hydrogen-bond acceptors (Lipinski definition) is 4. The Morgan fingerprint density at radius 3 is 2.53 bits per heavy atom. The molecular weight excluding hydrogens is 211 g/mol. The largest absolute Gasteiger partial charge is 1.00 e. The molecule has 0 aliphatic heterocycles. The van der Waals surface area contributed by atoms with E-state index in [4.69, 9.17) is 0 Å². The molecule has 0 radical (unpaired) electrons. The molecule has 1 aromatic carbocycles. The fraction of sp³-hybridized carbons (Fsp3) is 0.125. The maximum absolute atomic E-state index is 11.1. The Kier molecular flexibility index (Phi) is 5.27. The van der Waals surface area contributed by atoms with E-state index in [1.54, 1.807) is 0 Å². The van der Waals surface area contributed by atoms with Crippen molar-refractivity contribution in [2.24, 2.45) is 0 Å². The Morgan fingerprint density at radius 1 is 1.47 bits per heavy atom. The van der Waals surface area contributed by atoms with Crippen LogP contribution in [0.15, 0.2) is 18.2 Å². The second-order valence-corrected chi connectivity index (χ2v) is 2.62. The molecule has 0 aliphatic rings. The number of nitrogens with zero attached hydrogens (tertiary/aromatic N) is 1. The van der Waals surface area contributed by atoms with Crippen LogP contribution in [0.25, 0.3) is 0 Å². The van der Waals surface area contributed by atoms with Gasteiger partial charge in [-0.15, -0.1) is 0 Å². The molecule has 6 nitrogen and oxygen atoms in total. The summed E-state index contributed by atoms with van der Waals surface area (Å²) < 4.78 is 0. The molecule has 0 fully saturated rings. The van der Waals surface area contributed by atoms with Crippen molar-refractivity contribution in [2.45, 2.75) is 6.92 Å². The van der Waals surface area contributed by atoms with Crippen LogP contribution in [0.3, 0.4) is 0 Å². The topological polar surface area (TPSA) is 95.3 Å². The van der Waals surface area contributed by atoms with Crippen molar-refractivity contribution in [3.8, 4) is 5.75 Å². The molecule has 0 aliphatic carbocycles. The molecule has 0 atom stereocenters. The first-order chi connectivity index (χ1) is 6.50. The number of rotatable bonds is 2. The van der Waals surface area contributed by atoms with E-state index in [0.717, 1.165) is 18.2 Å². The minimum atomic E-state index is -0.634. The molecular formula is C8H7N2NaO4. The van der Waals surface area contributed by atoms with Gasteiger partial charge in [0.05, 0.1) is 4.92 Å². The zero-order valence-electron chi connectivity index (χ0n) is 8.31. The summed E-state index contributed by atoms with van der Waals surface area (Å²) in [6, 6.07) is 3.17. The normalized spacial score (nSPS) is 8.87. The summed E-state index contributed by atoms with van der Waals surface area (Å²) in [4.78, 5) is 20.3. The number of hydrogen-bond donors (Lipinski definition) is 1. The van der Waals surface area contributed by atoms with Gasteiger partial charge in [0.2, 0.25) is 5.91 Å². The van der Waals surface area contributed by atoms with Crippen molar-refractivity contribution < 1.29 is 44.4 Å². The monoisotopic (exact) mass is 218 g/mol. The summed E-state index contributed by atoms with van der Waals surface area (Å²) in [5.41, 5.74) is -0.306. The van der Waals surface area contributed by atoms with Crippen LogP contribution in [0.1, 0.15) is 6.92 Å². The predicted molar refractivity (Wildman–Crippen MR) is 46.8 cm³/mol. The molecule has 1 aromatic rings. The fourth-order valence-electron chi connectivity index (χ4n) is 0.919. The molecule has 0 bridgehead atoms. The molecule has 0 saturated heterocycles. The summed E-state index contributed by atoms with van der Waals surface area (Å²) in [6.07, 6.45) is 0. The van der Waals surface area contributed by atoms with Crippen LogP contribution in [-0.4, -0.2) is 10.8 Å². The van der Waals surface area contributed by atoms with Crippen LogP contribution in [0.5, 0.6) is 5.75 Å². The van der Waals surface area contributed by atoms with Gasteiger partial charge < -0.3 is 10.4 Å². The van der Waals surface area contributed by atoms with Gasteiger partial charge in [-0.2, -0.15) is 0 Å². The second-order valence-electron chi connectivity index (χ2n) is 2.62. The number of non-ortho nitro benzene ring substituents is 1.